The van der Waals surface area contributed by atoms with Crippen molar-refractivity contribution in [1.29, 1.82) is 0 Å². The zero-order valence-electron chi connectivity index (χ0n) is 12.8. The van der Waals surface area contributed by atoms with Gasteiger partial charge >= 0.3 is 0 Å². The predicted molar refractivity (Wildman–Crippen MR) is 92.8 cm³/mol. The third-order valence-electron chi connectivity index (χ3n) is 5.05. The number of rotatable bonds is 3. The van der Waals surface area contributed by atoms with Gasteiger partial charge in [0.25, 0.3) is 0 Å². The van der Waals surface area contributed by atoms with Crippen molar-refractivity contribution in [3.05, 3.63) is 34.9 Å². The summed E-state index contributed by atoms with van der Waals surface area (Å²) in [5.74, 6) is 0.297. The number of carbonyl (C=O) groups excluding carboxylic acids is 1. The van der Waals surface area contributed by atoms with Crippen LogP contribution < -0.4 is 5.32 Å². The van der Waals surface area contributed by atoms with Gasteiger partial charge in [0, 0.05) is 31.1 Å². The quantitative estimate of drug-likeness (QED) is 0.913. The Morgan fingerprint density at radius 3 is 2.45 bits per heavy atom. The van der Waals surface area contributed by atoms with Crippen LogP contribution >= 0.6 is 24.0 Å². The molecule has 3 nitrogen and oxygen atoms in total. The number of nitrogens with zero attached hydrogens (tertiary/aromatic N) is 1. The number of nitrogens with one attached hydrogen (secondary N) is 1. The van der Waals surface area contributed by atoms with Crippen LogP contribution in [0.2, 0.25) is 5.02 Å². The zero-order valence-corrected chi connectivity index (χ0v) is 14.4. The molecule has 1 amide bonds. The highest BCUT2D eigenvalue weighted by Gasteiger charge is 2.37. The van der Waals surface area contributed by atoms with Crippen LogP contribution in [0.3, 0.4) is 0 Å². The van der Waals surface area contributed by atoms with E-state index in [2.05, 4.69) is 10.2 Å². The maximum absolute atomic E-state index is 12.3. The Hall–Kier alpha value is -0.770. The first-order valence-electron chi connectivity index (χ1n) is 7.90. The van der Waals surface area contributed by atoms with Gasteiger partial charge < -0.3 is 10.2 Å². The van der Waals surface area contributed by atoms with Gasteiger partial charge in [0.15, 0.2) is 0 Å². The van der Waals surface area contributed by atoms with Gasteiger partial charge in [0.2, 0.25) is 5.91 Å². The van der Waals surface area contributed by atoms with E-state index < -0.39 is 0 Å². The van der Waals surface area contributed by atoms with Gasteiger partial charge in [-0.3, -0.25) is 4.79 Å². The molecule has 1 aromatic rings. The van der Waals surface area contributed by atoms with Gasteiger partial charge in [-0.2, -0.15) is 0 Å². The third kappa shape index (κ3) is 4.15. The van der Waals surface area contributed by atoms with Gasteiger partial charge in [0.05, 0.1) is 0 Å². The van der Waals surface area contributed by atoms with Crippen LogP contribution in [-0.2, 0) is 11.2 Å². The molecule has 1 aromatic carbocycles. The molecule has 2 aliphatic heterocycles. The Morgan fingerprint density at radius 2 is 1.86 bits per heavy atom. The summed E-state index contributed by atoms with van der Waals surface area (Å²) in [7, 11) is 0. The second-order valence-corrected chi connectivity index (χ2v) is 6.87. The van der Waals surface area contributed by atoms with Crippen LogP contribution in [0.1, 0.15) is 31.2 Å². The third-order valence-corrected chi connectivity index (χ3v) is 5.30. The van der Waals surface area contributed by atoms with Crippen LogP contribution in [0, 0.1) is 5.41 Å². The number of halogens is 2. The van der Waals surface area contributed by atoms with E-state index in [0.717, 1.165) is 50.5 Å². The van der Waals surface area contributed by atoms with E-state index in [-0.39, 0.29) is 12.4 Å². The van der Waals surface area contributed by atoms with Crippen LogP contribution in [0.5, 0.6) is 0 Å². The van der Waals surface area contributed by atoms with Crippen LogP contribution in [-0.4, -0.2) is 37.0 Å². The lowest BCUT2D eigenvalue weighted by Gasteiger charge is -2.39. The molecule has 1 N–H and O–H groups in total. The normalized spacial score (nSPS) is 20.0. The highest BCUT2D eigenvalue weighted by molar-refractivity contribution is 6.30. The van der Waals surface area contributed by atoms with E-state index in [1.807, 2.05) is 24.3 Å². The largest absolute Gasteiger partial charge is 0.343 e. The molecule has 22 heavy (non-hydrogen) atoms. The Bertz CT molecular complexity index is 488. The van der Waals surface area contributed by atoms with Crippen LogP contribution in [0.25, 0.3) is 0 Å². The molecular formula is C17H24Cl2N2O. The van der Waals surface area contributed by atoms with Gasteiger partial charge in [-0.05, 0) is 55.3 Å². The first-order chi connectivity index (χ1) is 10.2. The lowest BCUT2D eigenvalue weighted by atomic mass is 9.78. The van der Waals surface area contributed by atoms with Gasteiger partial charge in [-0.1, -0.05) is 23.7 Å². The molecule has 5 heteroatoms. The Balaban J connectivity index is 0.00000176. The number of hydrogen-bond donors (Lipinski definition) is 1. The highest BCUT2D eigenvalue weighted by atomic mass is 35.5. The van der Waals surface area contributed by atoms with Gasteiger partial charge in [0.1, 0.15) is 0 Å². The molecule has 2 heterocycles. The number of benzene rings is 1. The summed E-state index contributed by atoms with van der Waals surface area (Å²) in [5, 5.41) is 4.21. The number of aryl methyl sites for hydroxylation is 1. The molecule has 2 saturated heterocycles. The lowest BCUT2D eigenvalue weighted by Crippen LogP contribution is -2.44. The molecule has 3 rings (SSSR count). The second-order valence-electron chi connectivity index (χ2n) is 6.43. The van der Waals surface area contributed by atoms with Crippen molar-refractivity contribution in [3.63, 3.8) is 0 Å². The summed E-state index contributed by atoms with van der Waals surface area (Å²) in [6.07, 6.45) is 5.01. The number of piperidine rings is 1. The minimum absolute atomic E-state index is 0. The molecular weight excluding hydrogens is 319 g/mol. The smallest absolute Gasteiger partial charge is 0.222 e. The van der Waals surface area contributed by atoms with Crippen molar-refractivity contribution in [2.75, 3.05) is 26.2 Å². The first-order valence-corrected chi connectivity index (χ1v) is 8.28. The molecule has 0 radical (unpaired) electrons. The fourth-order valence-corrected chi connectivity index (χ4v) is 3.64. The van der Waals surface area contributed by atoms with Gasteiger partial charge in [-0.15, -0.1) is 12.4 Å². The summed E-state index contributed by atoms with van der Waals surface area (Å²) in [4.78, 5) is 14.4. The van der Waals surface area contributed by atoms with E-state index in [1.54, 1.807) is 0 Å². The average Bonchev–Trinajstić information content (AvgIpc) is 2.95. The fraction of sp³-hybridized carbons (Fsp3) is 0.588. The van der Waals surface area contributed by atoms with Crippen molar-refractivity contribution in [2.24, 2.45) is 5.41 Å². The van der Waals surface area contributed by atoms with Crippen LogP contribution in [0.15, 0.2) is 24.3 Å². The summed E-state index contributed by atoms with van der Waals surface area (Å²) < 4.78 is 0. The Labute approximate surface area is 143 Å². The Kier molecular flexibility index (Phi) is 6.13. The zero-order chi connectivity index (χ0) is 14.7. The minimum Gasteiger partial charge on any atom is -0.343 e. The van der Waals surface area contributed by atoms with E-state index >= 15 is 0 Å². The fourth-order valence-electron chi connectivity index (χ4n) is 3.51. The first kappa shape index (κ1) is 17.6. The number of hydrogen-bond acceptors (Lipinski definition) is 2. The minimum atomic E-state index is 0. The molecule has 0 aliphatic carbocycles. The van der Waals surface area contributed by atoms with Crippen molar-refractivity contribution < 1.29 is 4.79 Å². The maximum Gasteiger partial charge on any atom is 0.222 e. The molecule has 0 saturated carbocycles. The SMILES string of the molecule is Cl.O=C(CCc1ccc(Cl)cc1)N1CCC2(CCNC2)CC1. The summed E-state index contributed by atoms with van der Waals surface area (Å²) in [5.41, 5.74) is 1.66. The molecule has 2 fully saturated rings. The van der Waals surface area contributed by atoms with E-state index in [9.17, 15) is 4.79 Å². The Morgan fingerprint density at radius 1 is 1.18 bits per heavy atom. The molecule has 0 aromatic heterocycles. The molecule has 2 aliphatic rings. The second kappa shape index (κ2) is 7.67. The highest BCUT2D eigenvalue weighted by Crippen LogP contribution is 2.37. The predicted octanol–water partition coefficient (Wildman–Crippen LogP) is 3.30. The molecule has 0 bridgehead atoms. The van der Waals surface area contributed by atoms with E-state index in [4.69, 9.17) is 11.6 Å². The van der Waals surface area contributed by atoms with Crippen molar-refractivity contribution >= 4 is 29.9 Å². The summed E-state index contributed by atoms with van der Waals surface area (Å²) in [6, 6.07) is 7.79. The standard InChI is InChI=1S/C17H23ClN2O.ClH/c18-15-4-1-14(2-5-15)3-6-16(21)20-11-8-17(9-12-20)7-10-19-13-17;/h1-2,4-5,19H,3,6-13H2;1H. The van der Waals surface area contributed by atoms with Crippen molar-refractivity contribution in [1.82, 2.24) is 10.2 Å². The topological polar surface area (TPSA) is 32.3 Å². The summed E-state index contributed by atoms with van der Waals surface area (Å²) >= 11 is 5.88. The monoisotopic (exact) mass is 342 g/mol. The average molecular weight is 343 g/mol. The van der Waals surface area contributed by atoms with E-state index in [1.165, 1.54) is 12.0 Å². The number of carbonyl (C=O) groups is 1. The van der Waals surface area contributed by atoms with E-state index in [0.29, 0.717) is 17.7 Å². The van der Waals surface area contributed by atoms with Crippen molar-refractivity contribution in [2.45, 2.75) is 32.1 Å². The lowest BCUT2D eigenvalue weighted by molar-refractivity contribution is -0.133. The van der Waals surface area contributed by atoms with Crippen molar-refractivity contribution in [3.8, 4) is 0 Å². The molecule has 0 atom stereocenters. The summed E-state index contributed by atoms with van der Waals surface area (Å²) in [6.45, 7) is 4.15. The molecule has 0 unspecified atom stereocenters. The maximum atomic E-state index is 12.3. The molecule has 122 valence electrons. The molecule has 1 spiro atoms. The number of likely N-dealkylation sites (tertiary alicyclic amines) is 1. The van der Waals surface area contributed by atoms with Gasteiger partial charge in [-0.25, -0.2) is 0 Å². The number of amides is 1. The van der Waals surface area contributed by atoms with Crippen LogP contribution in [0.4, 0.5) is 0 Å².